The van der Waals surface area contributed by atoms with Crippen molar-refractivity contribution < 1.29 is 19.6 Å². The molecule has 5 nitrogen and oxygen atoms in total. The summed E-state index contributed by atoms with van der Waals surface area (Å²) in [5.74, 6) is 1.73. The molecular formula is C18H22ClNO4. The monoisotopic (exact) mass is 351 g/mol. The lowest BCUT2D eigenvalue weighted by molar-refractivity contribution is -0.558. The summed E-state index contributed by atoms with van der Waals surface area (Å²) in [7, 11) is 0. The van der Waals surface area contributed by atoms with Crippen LogP contribution in [0.3, 0.4) is 0 Å². The normalized spacial score (nSPS) is 37.5. The van der Waals surface area contributed by atoms with Crippen molar-refractivity contribution >= 4 is 17.3 Å². The SMILES string of the molecule is Clc1ccc(N2COOC3(OOC2)C2CC4CC(C2)CC3C4)cc1. The van der Waals surface area contributed by atoms with E-state index in [0.717, 1.165) is 17.5 Å². The summed E-state index contributed by atoms with van der Waals surface area (Å²) in [5, 5.41) is 0.702. The predicted octanol–water partition coefficient (Wildman–Crippen LogP) is 4.12. The van der Waals surface area contributed by atoms with Crippen LogP contribution in [0.2, 0.25) is 5.02 Å². The molecule has 5 fully saturated rings. The van der Waals surface area contributed by atoms with Crippen molar-refractivity contribution in [3.63, 3.8) is 0 Å². The van der Waals surface area contributed by atoms with Gasteiger partial charge in [0.15, 0.2) is 13.5 Å². The minimum Gasteiger partial charge on any atom is -0.320 e. The number of rotatable bonds is 1. The van der Waals surface area contributed by atoms with Crippen LogP contribution in [-0.2, 0) is 19.6 Å². The van der Waals surface area contributed by atoms with Gasteiger partial charge in [0.25, 0.3) is 0 Å². The number of halogens is 1. The average molecular weight is 352 g/mol. The molecule has 130 valence electrons. The lowest BCUT2D eigenvalue weighted by atomic mass is 9.53. The Morgan fingerprint density at radius 1 is 0.833 bits per heavy atom. The van der Waals surface area contributed by atoms with Gasteiger partial charge in [0.05, 0.1) is 0 Å². The van der Waals surface area contributed by atoms with Gasteiger partial charge in [-0.1, -0.05) is 11.6 Å². The lowest BCUT2D eigenvalue weighted by Gasteiger charge is -2.58. The van der Waals surface area contributed by atoms with Crippen LogP contribution in [0.25, 0.3) is 0 Å². The molecule has 1 aromatic rings. The molecule has 0 amide bonds. The first kappa shape index (κ1) is 15.4. The van der Waals surface area contributed by atoms with Crippen LogP contribution in [0, 0.1) is 23.7 Å². The van der Waals surface area contributed by atoms with Gasteiger partial charge in [-0.3, -0.25) is 0 Å². The minimum atomic E-state index is -0.709. The highest BCUT2D eigenvalue weighted by Gasteiger charge is 2.61. The van der Waals surface area contributed by atoms with Crippen molar-refractivity contribution in [1.82, 2.24) is 0 Å². The second-order valence-electron chi connectivity index (χ2n) is 7.70. The summed E-state index contributed by atoms with van der Waals surface area (Å²) in [6, 6.07) is 7.54. The number of anilines is 1. The molecule has 4 saturated carbocycles. The van der Waals surface area contributed by atoms with Gasteiger partial charge in [-0.05, 0) is 68.2 Å². The average Bonchev–Trinajstić information content (AvgIpc) is 2.54. The van der Waals surface area contributed by atoms with Gasteiger partial charge in [-0.15, -0.1) is 0 Å². The lowest BCUT2D eigenvalue weighted by Crippen LogP contribution is -2.61. The molecule has 4 aliphatic carbocycles. The molecule has 24 heavy (non-hydrogen) atoms. The number of hydrogen-bond donors (Lipinski definition) is 0. The molecule has 1 saturated heterocycles. The van der Waals surface area contributed by atoms with Gasteiger partial charge < -0.3 is 4.90 Å². The van der Waals surface area contributed by atoms with Crippen molar-refractivity contribution in [3.05, 3.63) is 29.3 Å². The molecule has 0 unspecified atom stereocenters. The maximum Gasteiger partial charge on any atom is 0.239 e. The summed E-state index contributed by atoms with van der Waals surface area (Å²) in [5.41, 5.74) is 0.952. The quantitative estimate of drug-likeness (QED) is 0.712. The van der Waals surface area contributed by atoms with Crippen LogP contribution >= 0.6 is 11.6 Å². The Morgan fingerprint density at radius 2 is 1.38 bits per heavy atom. The standard InChI is InChI=1S/C18H22ClNO4/c19-16-1-3-17(4-2-16)20-10-21-23-18(24-22-11-20)14-6-12-5-13(8-14)9-15(18)7-12/h1-4,12-15H,5-11H2. The summed E-state index contributed by atoms with van der Waals surface area (Å²) in [4.78, 5) is 25.0. The van der Waals surface area contributed by atoms with Gasteiger partial charge in [0, 0.05) is 22.5 Å². The van der Waals surface area contributed by atoms with Gasteiger partial charge >= 0.3 is 0 Å². The van der Waals surface area contributed by atoms with E-state index >= 15 is 0 Å². The third kappa shape index (κ3) is 2.45. The highest BCUT2D eigenvalue weighted by Crippen LogP contribution is 2.60. The van der Waals surface area contributed by atoms with E-state index in [1.54, 1.807) is 0 Å². The zero-order chi connectivity index (χ0) is 16.1. The second-order valence-corrected chi connectivity index (χ2v) is 8.14. The zero-order valence-electron chi connectivity index (χ0n) is 13.5. The fourth-order valence-electron chi connectivity index (χ4n) is 5.33. The van der Waals surface area contributed by atoms with E-state index in [-0.39, 0.29) is 0 Å². The van der Waals surface area contributed by atoms with E-state index in [1.165, 1.54) is 32.1 Å². The minimum absolute atomic E-state index is 0.305. The molecule has 0 radical (unpaired) electrons. The third-order valence-corrected chi connectivity index (χ3v) is 6.52. The first-order valence-corrected chi connectivity index (χ1v) is 9.22. The predicted molar refractivity (Wildman–Crippen MR) is 87.8 cm³/mol. The molecule has 1 heterocycles. The Labute approximate surface area is 146 Å². The molecule has 1 spiro atoms. The fourth-order valence-corrected chi connectivity index (χ4v) is 5.46. The number of hydrogen-bond acceptors (Lipinski definition) is 5. The number of benzene rings is 1. The van der Waals surface area contributed by atoms with Crippen molar-refractivity contribution in [2.75, 3.05) is 18.4 Å². The molecule has 1 aliphatic heterocycles. The largest absolute Gasteiger partial charge is 0.320 e. The van der Waals surface area contributed by atoms with E-state index in [0.29, 0.717) is 30.3 Å². The molecule has 0 atom stereocenters. The van der Waals surface area contributed by atoms with Crippen LogP contribution in [0.15, 0.2) is 24.3 Å². The van der Waals surface area contributed by atoms with Crippen molar-refractivity contribution in [2.45, 2.75) is 37.9 Å². The van der Waals surface area contributed by atoms with Crippen molar-refractivity contribution in [1.29, 1.82) is 0 Å². The highest BCUT2D eigenvalue weighted by atomic mass is 35.5. The molecule has 0 aromatic heterocycles. The van der Waals surface area contributed by atoms with Crippen LogP contribution in [-0.4, -0.2) is 19.2 Å². The Kier molecular flexibility index (Phi) is 3.76. The van der Waals surface area contributed by atoms with Crippen molar-refractivity contribution in [2.24, 2.45) is 23.7 Å². The molecule has 0 N–H and O–H groups in total. The Hall–Kier alpha value is -0.850. The molecule has 5 aliphatic rings. The van der Waals surface area contributed by atoms with Crippen LogP contribution < -0.4 is 4.90 Å². The van der Waals surface area contributed by atoms with E-state index in [1.807, 2.05) is 29.2 Å². The van der Waals surface area contributed by atoms with Gasteiger partial charge in [0.1, 0.15) is 0 Å². The smallest absolute Gasteiger partial charge is 0.239 e. The highest BCUT2D eigenvalue weighted by molar-refractivity contribution is 6.30. The van der Waals surface area contributed by atoms with Gasteiger partial charge in [-0.25, -0.2) is 9.78 Å². The molecular weight excluding hydrogens is 330 g/mol. The maximum absolute atomic E-state index is 5.95. The number of nitrogens with zero attached hydrogens (tertiary/aromatic N) is 1. The van der Waals surface area contributed by atoms with E-state index in [4.69, 9.17) is 31.2 Å². The molecule has 1 aromatic carbocycles. The van der Waals surface area contributed by atoms with E-state index in [2.05, 4.69) is 0 Å². The zero-order valence-corrected chi connectivity index (χ0v) is 14.3. The molecule has 6 rings (SSSR count). The van der Waals surface area contributed by atoms with E-state index in [9.17, 15) is 0 Å². The second kappa shape index (κ2) is 5.85. The van der Waals surface area contributed by atoms with E-state index < -0.39 is 5.79 Å². The van der Waals surface area contributed by atoms with Gasteiger partial charge in [0.2, 0.25) is 5.79 Å². The Bertz CT molecular complexity index is 568. The summed E-state index contributed by atoms with van der Waals surface area (Å²) in [6.07, 6.45) is 6.05. The topological polar surface area (TPSA) is 40.2 Å². The third-order valence-electron chi connectivity index (χ3n) is 6.26. The van der Waals surface area contributed by atoms with Crippen LogP contribution in [0.1, 0.15) is 32.1 Å². The van der Waals surface area contributed by atoms with Gasteiger partial charge in [-0.2, -0.15) is 9.78 Å². The molecule has 6 heteroatoms. The summed E-state index contributed by atoms with van der Waals surface area (Å²) < 4.78 is 0. The first-order chi connectivity index (χ1) is 11.7. The first-order valence-electron chi connectivity index (χ1n) is 8.85. The maximum atomic E-state index is 5.95. The fraction of sp³-hybridized carbons (Fsp3) is 0.667. The Morgan fingerprint density at radius 3 is 1.92 bits per heavy atom. The summed E-state index contributed by atoms with van der Waals surface area (Å²) in [6.45, 7) is 0.609. The van der Waals surface area contributed by atoms with Crippen LogP contribution in [0.4, 0.5) is 5.69 Å². The summed E-state index contributed by atoms with van der Waals surface area (Å²) >= 11 is 5.95. The molecule has 4 bridgehead atoms. The Balaban J connectivity index is 1.31. The van der Waals surface area contributed by atoms with Crippen LogP contribution in [0.5, 0.6) is 0 Å². The van der Waals surface area contributed by atoms with Crippen molar-refractivity contribution in [3.8, 4) is 0 Å².